The molecule has 0 unspecified atom stereocenters. The third-order valence-electron chi connectivity index (χ3n) is 3.92. The van der Waals surface area contributed by atoms with Crippen molar-refractivity contribution in [3.05, 3.63) is 63.8 Å². The molecule has 4 rings (SSSR count). The van der Waals surface area contributed by atoms with Crippen LogP contribution < -0.4 is 9.47 Å². The van der Waals surface area contributed by atoms with Crippen LogP contribution >= 0.6 is 27.3 Å². The average Bonchev–Trinajstić information content (AvgIpc) is 2.93. The second kappa shape index (κ2) is 5.58. The maximum atomic E-state index is 4.78. The minimum atomic E-state index is 1.01. The second-order valence-electron chi connectivity index (χ2n) is 5.55. The molecule has 0 fully saturated rings. The van der Waals surface area contributed by atoms with Gasteiger partial charge < -0.3 is 4.90 Å². The Bertz CT molecular complexity index is 972. The summed E-state index contributed by atoms with van der Waals surface area (Å²) >= 11 is 5.25. The summed E-state index contributed by atoms with van der Waals surface area (Å²) < 4.78 is 4.30. The number of aryl methyl sites for hydroxylation is 1. The first-order valence-electron chi connectivity index (χ1n) is 7.30. The molecular formula is C18H15BrN3S+. The van der Waals surface area contributed by atoms with E-state index in [0.29, 0.717) is 0 Å². The third-order valence-corrected chi connectivity index (χ3v) is 5.30. The summed E-state index contributed by atoms with van der Waals surface area (Å²) in [6.07, 6.45) is 8.44. The summed E-state index contributed by atoms with van der Waals surface area (Å²) in [5.74, 6) is 0. The maximum absolute atomic E-state index is 4.78. The largest absolute Gasteiger partial charge is 0.351 e. The van der Waals surface area contributed by atoms with Crippen LogP contribution in [0.15, 0.2) is 53.3 Å². The molecule has 23 heavy (non-hydrogen) atoms. The molecule has 3 nitrogen and oxygen atoms in total. The minimum Gasteiger partial charge on any atom is -0.351 e. The molecule has 0 saturated carbocycles. The SMILES string of the molecule is CN1C=C/C(=C\c2nc3c(cc(Br)c[n+]3C)s2)c2ccccc21. The number of pyridine rings is 1. The van der Waals surface area contributed by atoms with Gasteiger partial charge in [0.1, 0.15) is 10.9 Å². The van der Waals surface area contributed by atoms with Crippen LogP contribution in [0.5, 0.6) is 0 Å². The van der Waals surface area contributed by atoms with Crippen LogP contribution in [0.4, 0.5) is 5.69 Å². The molecule has 114 valence electrons. The van der Waals surface area contributed by atoms with Crippen LogP contribution in [0.2, 0.25) is 0 Å². The first-order chi connectivity index (χ1) is 11.1. The van der Waals surface area contributed by atoms with E-state index in [1.54, 1.807) is 11.3 Å². The van der Waals surface area contributed by atoms with Gasteiger partial charge in [0.2, 0.25) is 5.01 Å². The molecule has 1 aliphatic heterocycles. The van der Waals surface area contributed by atoms with E-state index in [4.69, 9.17) is 4.98 Å². The van der Waals surface area contributed by atoms with Crippen molar-refractivity contribution in [2.24, 2.45) is 7.05 Å². The molecule has 0 amide bonds. The number of hydrogen-bond acceptors (Lipinski definition) is 3. The Labute approximate surface area is 147 Å². The number of thiazole rings is 1. The van der Waals surface area contributed by atoms with Crippen LogP contribution in [0, 0.1) is 0 Å². The molecule has 1 aromatic carbocycles. The lowest BCUT2D eigenvalue weighted by atomic mass is 10.0. The van der Waals surface area contributed by atoms with Crippen molar-refractivity contribution < 1.29 is 4.57 Å². The van der Waals surface area contributed by atoms with Gasteiger partial charge in [0.25, 0.3) is 0 Å². The van der Waals surface area contributed by atoms with E-state index in [1.165, 1.54) is 21.5 Å². The maximum Gasteiger partial charge on any atom is 0.342 e. The van der Waals surface area contributed by atoms with Crippen LogP contribution in [-0.4, -0.2) is 12.0 Å². The Hall–Kier alpha value is -1.98. The van der Waals surface area contributed by atoms with Crippen molar-refractivity contribution in [2.75, 3.05) is 11.9 Å². The zero-order valence-corrected chi connectivity index (χ0v) is 15.2. The number of rotatable bonds is 1. The first-order valence-corrected chi connectivity index (χ1v) is 8.90. The Morgan fingerprint density at radius 1 is 1.30 bits per heavy atom. The molecule has 3 aromatic rings. The molecule has 0 spiro atoms. The van der Waals surface area contributed by atoms with E-state index in [0.717, 1.165) is 15.1 Å². The first kappa shape index (κ1) is 14.6. The highest BCUT2D eigenvalue weighted by atomic mass is 79.9. The van der Waals surface area contributed by atoms with Gasteiger partial charge in [-0.25, -0.2) is 4.57 Å². The van der Waals surface area contributed by atoms with Gasteiger partial charge >= 0.3 is 5.65 Å². The number of halogens is 1. The highest BCUT2D eigenvalue weighted by Gasteiger charge is 2.18. The van der Waals surface area contributed by atoms with Gasteiger partial charge in [-0.2, -0.15) is 0 Å². The molecule has 0 saturated heterocycles. The van der Waals surface area contributed by atoms with E-state index >= 15 is 0 Å². The predicted molar refractivity (Wildman–Crippen MR) is 100 cm³/mol. The number of nitrogens with zero attached hydrogens (tertiary/aromatic N) is 3. The monoisotopic (exact) mass is 384 g/mol. The van der Waals surface area contributed by atoms with Gasteiger partial charge in [0, 0.05) is 30.6 Å². The number of benzene rings is 1. The Morgan fingerprint density at radius 3 is 3.00 bits per heavy atom. The lowest BCUT2D eigenvalue weighted by Crippen LogP contribution is -2.28. The van der Waals surface area contributed by atoms with Crippen LogP contribution in [0.3, 0.4) is 0 Å². The Morgan fingerprint density at radius 2 is 2.13 bits per heavy atom. The number of allylic oxidation sites excluding steroid dienone is 2. The molecule has 1 aliphatic rings. The van der Waals surface area contributed by atoms with Gasteiger partial charge in [-0.3, -0.25) is 0 Å². The van der Waals surface area contributed by atoms with Crippen LogP contribution in [0.25, 0.3) is 22.0 Å². The van der Waals surface area contributed by atoms with Crippen LogP contribution in [-0.2, 0) is 7.05 Å². The van der Waals surface area contributed by atoms with E-state index in [9.17, 15) is 0 Å². The molecule has 5 heteroatoms. The van der Waals surface area contributed by atoms with Crippen molar-refractivity contribution in [1.29, 1.82) is 0 Å². The number of anilines is 1. The fraction of sp³-hybridized carbons (Fsp3) is 0.111. The smallest absolute Gasteiger partial charge is 0.342 e. The van der Waals surface area contributed by atoms with E-state index < -0.39 is 0 Å². The lowest BCUT2D eigenvalue weighted by molar-refractivity contribution is -0.647. The molecule has 2 aromatic heterocycles. The lowest BCUT2D eigenvalue weighted by Gasteiger charge is -2.23. The Kier molecular flexibility index (Phi) is 3.54. The van der Waals surface area contributed by atoms with E-state index in [2.05, 4.69) is 81.1 Å². The summed E-state index contributed by atoms with van der Waals surface area (Å²) in [6, 6.07) is 10.6. The topological polar surface area (TPSA) is 20.0 Å². The standard InChI is InChI=1S/C18H15BrN3S/c1-21-8-7-12(14-5-3-4-6-15(14)21)9-17-20-18-16(23-17)10-13(19)11-22(18)2/h3-11H,1-2H3/q+1. The molecule has 3 heterocycles. The third kappa shape index (κ3) is 2.60. The number of aromatic nitrogens is 2. The molecule has 0 N–H and O–H groups in total. The molecular weight excluding hydrogens is 370 g/mol. The van der Waals surface area contributed by atoms with Crippen molar-refractivity contribution in [2.45, 2.75) is 0 Å². The zero-order valence-electron chi connectivity index (χ0n) is 12.8. The summed E-state index contributed by atoms with van der Waals surface area (Å²) in [7, 11) is 4.09. The van der Waals surface area contributed by atoms with Gasteiger partial charge in [0.15, 0.2) is 0 Å². The molecule has 0 radical (unpaired) electrons. The number of para-hydroxylation sites is 1. The summed E-state index contributed by atoms with van der Waals surface area (Å²) in [4.78, 5) is 6.92. The minimum absolute atomic E-state index is 1.01. The van der Waals surface area contributed by atoms with E-state index in [-0.39, 0.29) is 0 Å². The van der Waals surface area contributed by atoms with Gasteiger partial charge in [-0.05, 0) is 44.7 Å². The summed E-state index contributed by atoms with van der Waals surface area (Å²) in [5, 5.41) is 1.02. The quantitative estimate of drug-likeness (QED) is 0.579. The fourth-order valence-electron chi connectivity index (χ4n) is 2.80. The van der Waals surface area contributed by atoms with Crippen LogP contribution in [0.1, 0.15) is 10.6 Å². The number of fused-ring (bicyclic) bond motifs is 2. The zero-order chi connectivity index (χ0) is 16.0. The number of hydrogen-bond donors (Lipinski definition) is 0. The van der Waals surface area contributed by atoms with Crippen molar-refractivity contribution in [3.63, 3.8) is 0 Å². The average molecular weight is 385 g/mol. The molecule has 0 atom stereocenters. The van der Waals surface area contributed by atoms with Gasteiger partial charge in [-0.1, -0.05) is 29.5 Å². The van der Waals surface area contributed by atoms with Crippen molar-refractivity contribution >= 4 is 55.0 Å². The van der Waals surface area contributed by atoms with Crippen molar-refractivity contribution in [3.8, 4) is 0 Å². The van der Waals surface area contributed by atoms with Gasteiger partial charge in [-0.15, -0.1) is 0 Å². The second-order valence-corrected chi connectivity index (χ2v) is 7.53. The Balaban J connectivity index is 1.85. The summed E-state index contributed by atoms with van der Waals surface area (Å²) in [6.45, 7) is 0. The van der Waals surface area contributed by atoms with E-state index in [1.807, 2.05) is 13.2 Å². The fourth-order valence-corrected chi connectivity index (χ4v) is 4.50. The highest BCUT2D eigenvalue weighted by molar-refractivity contribution is 9.10. The molecule has 0 bridgehead atoms. The van der Waals surface area contributed by atoms with Gasteiger partial charge in [0.05, 0.1) is 11.5 Å². The normalized spacial score (nSPS) is 15.4. The highest BCUT2D eigenvalue weighted by Crippen LogP contribution is 2.34. The van der Waals surface area contributed by atoms with Crippen molar-refractivity contribution in [1.82, 2.24) is 4.98 Å². The summed E-state index contributed by atoms with van der Waals surface area (Å²) in [5.41, 5.74) is 4.66. The predicted octanol–water partition coefficient (Wildman–Crippen LogP) is 4.39. The molecule has 0 aliphatic carbocycles.